The van der Waals surface area contributed by atoms with Crippen molar-refractivity contribution < 1.29 is 23.0 Å². The van der Waals surface area contributed by atoms with Gasteiger partial charge in [-0.1, -0.05) is 0 Å². The fourth-order valence-electron chi connectivity index (χ4n) is 2.98. The number of pyridine rings is 1. The molecule has 0 aliphatic rings. The number of thioether (sulfide) groups is 1. The smallest absolute Gasteiger partial charge is 0.361 e. The van der Waals surface area contributed by atoms with Crippen molar-refractivity contribution in [3.63, 3.8) is 0 Å². The highest BCUT2D eigenvalue weighted by Crippen LogP contribution is 2.34. The van der Waals surface area contributed by atoms with Gasteiger partial charge >= 0.3 is 5.97 Å². The van der Waals surface area contributed by atoms with Crippen LogP contribution in [0, 0.1) is 18.3 Å². The van der Waals surface area contributed by atoms with E-state index in [-0.39, 0.29) is 34.3 Å². The van der Waals surface area contributed by atoms with E-state index in [1.165, 1.54) is 13.2 Å². The van der Waals surface area contributed by atoms with Crippen LogP contribution in [-0.4, -0.2) is 40.1 Å². The van der Waals surface area contributed by atoms with Gasteiger partial charge in [0.2, 0.25) is 0 Å². The van der Waals surface area contributed by atoms with Crippen molar-refractivity contribution in [3.05, 3.63) is 52.3 Å². The Labute approximate surface area is 187 Å². The van der Waals surface area contributed by atoms with Gasteiger partial charge in [0.25, 0.3) is 6.43 Å². The van der Waals surface area contributed by atoms with Gasteiger partial charge < -0.3 is 9.47 Å². The van der Waals surface area contributed by atoms with Crippen LogP contribution in [0.2, 0.25) is 0 Å². The maximum atomic E-state index is 13.2. The highest BCUT2D eigenvalue weighted by atomic mass is 32.2. The number of benzene rings is 1. The molecule has 0 spiro atoms. The number of H-pyrrole nitrogens is 1. The van der Waals surface area contributed by atoms with Gasteiger partial charge in [0, 0.05) is 16.9 Å². The summed E-state index contributed by atoms with van der Waals surface area (Å²) in [5, 5.41) is 20.0. The molecule has 0 aliphatic heterocycles. The second-order valence-electron chi connectivity index (χ2n) is 6.51. The molecule has 32 heavy (non-hydrogen) atoms. The van der Waals surface area contributed by atoms with Gasteiger partial charge in [0.1, 0.15) is 28.2 Å². The van der Waals surface area contributed by atoms with E-state index in [0.717, 1.165) is 11.8 Å². The largest absolute Gasteiger partial charge is 0.496 e. The van der Waals surface area contributed by atoms with E-state index in [4.69, 9.17) is 9.47 Å². The number of nitrogens with zero attached hydrogens (tertiary/aromatic N) is 4. The Morgan fingerprint density at radius 2 is 2.09 bits per heavy atom. The molecule has 1 N–H and O–H groups in total. The first-order valence-electron chi connectivity index (χ1n) is 9.47. The molecule has 3 aromatic rings. The van der Waals surface area contributed by atoms with Crippen LogP contribution in [0.4, 0.5) is 8.78 Å². The number of nitrogens with one attached hydrogen (secondary N) is 1. The molecule has 0 saturated carbocycles. The van der Waals surface area contributed by atoms with E-state index >= 15 is 0 Å². The average molecular weight is 459 g/mol. The molecule has 0 radical (unpaired) electrons. The van der Waals surface area contributed by atoms with Crippen LogP contribution in [0.5, 0.6) is 5.75 Å². The van der Waals surface area contributed by atoms with Crippen molar-refractivity contribution in [3.8, 4) is 23.1 Å². The molecule has 0 amide bonds. The molecule has 3 rings (SSSR count). The summed E-state index contributed by atoms with van der Waals surface area (Å²) in [4.78, 5) is 16.1. The molecule has 8 nitrogen and oxygen atoms in total. The fourth-order valence-corrected chi connectivity index (χ4v) is 4.02. The predicted octanol–water partition coefficient (Wildman–Crippen LogP) is 4.46. The molecule has 0 atom stereocenters. The van der Waals surface area contributed by atoms with Gasteiger partial charge in [0.05, 0.1) is 19.3 Å². The lowest BCUT2D eigenvalue weighted by Gasteiger charge is -2.12. The topological polar surface area (TPSA) is 114 Å². The Morgan fingerprint density at radius 1 is 1.31 bits per heavy atom. The summed E-state index contributed by atoms with van der Waals surface area (Å²) in [5.74, 6) is 0.213. The standard InChI is InChI=1S/C21H19F2N5O3S/c1-4-31-21(29)18-17(26-28-27-18)12-5-6-16(30-3)13(8-12)10-32-20-14(9-24)11(2)7-15(25-20)19(22)23/h5-8,19H,4,10H2,1-3H3,(H,26,27,28). The molecule has 11 heteroatoms. The average Bonchev–Trinajstić information content (AvgIpc) is 3.27. The SMILES string of the molecule is CCOC(=O)c1n[nH]nc1-c1ccc(OC)c(CSc2nc(C(F)F)cc(C)c2C#N)c1. The van der Waals surface area contributed by atoms with Gasteiger partial charge in [-0.25, -0.2) is 18.6 Å². The number of ether oxygens (including phenoxy) is 2. The zero-order valence-corrected chi connectivity index (χ0v) is 18.3. The van der Waals surface area contributed by atoms with Crippen molar-refractivity contribution in [1.82, 2.24) is 20.4 Å². The number of esters is 1. The zero-order chi connectivity index (χ0) is 23.3. The van der Waals surface area contributed by atoms with E-state index in [0.29, 0.717) is 28.1 Å². The minimum absolute atomic E-state index is 0.0457. The third-order valence-electron chi connectivity index (χ3n) is 4.47. The first-order valence-corrected chi connectivity index (χ1v) is 10.5. The molecular formula is C21H19F2N5O3S. The summed E-state index contributed by atoms with van der Waals surface area (Å²) >= 11 is 1.14. The van der Waals surface area contributed by atoms with Crippen LogP contribution in [0.1, 0.15) is 46.2 Å². The fraction of sp³-hybridized carbons (Fsp3) is 0.286. The molecule has 0 saturated heterocycles. The Hall–Kier alpha value is -3.52. The zero-order valence-electron chi connectivity index (χ0n) is 17.5. The van der Waals surface area contributed by atoms with E-state index < -0.39 is 12.4 Å². The highest BCUT2D eigenvalue weighted by molar-refractivity contribution is 7.98. The van der Waals surface area contributed by atoms with Crippen LogP contribution in [0.25, 0.3) is 11.3 Å². The maximum Gasteiger partial charge on any atom is 0.361 e. The summed E-state index contributed by atoms with van der Waals surface area (Å²) in [7, 11) is 1.50. The van der Waals surface area contributed by atoms with Gasteiger partial charge in [0.15, 0.2) is 5.69 Å². The Balaban J connectivity index is 1.95. The molecule has 2 heterocycles. The molecule has 0 bridgehead atoms. The van der Waals surface area contributed by atoms with Gasteiger partial charge in [-0.3, -0.25) is 0 Å². The number of hydrogen-bond donors (Lipinski definition) is 1. The van der Waals surface area contributed by atoms with Crippen molar-refractivity contribution >= 4 is 17.7 Å². The second kappa shape index (κ2) is 10.2. The third kappa shape index (κ3) is 4.86. The Morgan fingerprint density at radius 3 is 2.75 bits per heavy atom. The summed E-state index contributed by atoms with van der Waals surface area (Å²) in [6.07, 6.45) is -2.74. The quantitative estimate of drug-likeness (QED) is 0.388. The summed E-state index contributed by atoms with van der Waals surface area (Å²) in [5.41, 5.74) is 1.93. The summed E-state index contributed by atoms with van der Waals surface area (Å²) < 4.78 is 36.8. The maximum absolute atomic E-state index is 13.2. The molecular weight excluding hydrogens is 440 g/mol. The lowest BCUT2D eigenvalue weighted by atomic mass is 10.1. The van der Waals surface area contributed by atoms with E-state index in [1.54, 1.807) is 32.0 Å². The number of halogens is 2. The van der Waals surface area contributed by atoms with Crippen LogP contribution < -0.4 is 4.74 Å². The van der Waals surface area contributed by atoms with E-state index in [1.807, 2.05) is 6.07 Å². The number of alkyl halides is 2. The molecule has 0 aliphatic carbocycles. The lowest BCUT2D eigenvalue weighted by molar-refractivity contribution is 0.0520. The van der Waals surface area contributed by atoms with Crippen molar-refractivity contribution in [1.29, 1.82) is 5.26 Å². The Kier molecular flexibility index (Phi) is 7.37. The molecule has 0 fully saturated rings. The number of aromatic amines is 1. The first kappa shape index (κ1) is 23.1. The molecule has 1 aromatic carbocycles. The monoisotopic (exact) mass is 459 g/mol. The second-order valence-corrected chi connectivity index (χ2v) is 7.48. The van der Waals surface area contributed by atoms with Crippen LogP contribution >= 0.6 is 11.8 Å². The molecule has 166 valence electrons. The number of rotatable bonds is 8. The van der Waals surface area contributed by atoms with Crippen LogP contribution in [0.15, 0.2) is 29.3 Å². The van der Waals surface area contributed by atoms with Gasteiger partial charge in [-0.15, -0.1) is 16.9 Å². The predicted molar refractivity (Wildman–Crippen MR) is 113 cm³/mol. The number of aromatic nitrogens is 4. The molecule has 0 unspecified atom stereocenters. The van der Waals surface area contributed by atoms with Gasteiger partial charge in [-0.05, 0) is 43.7 Å². The number of methoxy groups -OCH3 is 1. The highest BCUT2D eigenvalue weighted by Gasteiger charge is 2.21. The van der Waals surface area contributed by atoms with Crippen molar-refractivity contribution in [2.75, 3.05) is 13.7 Å². The van der Waals surface area contributed by atoms with Crippen LogP contribution in [-0.2, 0) is 10.5 Å². The van der Waals surface area contributed by atoms with Gasteiger partial charge in [-0.2, -0.15) is 15.6 Å². The minimum atomic E-state index is -2.74. The number of nitriles is 1. The first-order chi connectivity index (χ1) is 15.4. The van der Waals surface area contributed by atoms with E-state index in [9.17, 15) is 18.8 Å². The van der Waals surface area contributed by atoms with Crippen molar-refractivity contribution in [2.45, 2.75) is 31.1 Å². The van der Waals surface area contributed by atoms with Crippen LogP contribution in [0.3, 0.4) is 0 Å². The molecule has 2 aromatic heterocycles. The number of aryl methyl sites for hydroxylation is 1. The summed E-state index contributed by atoms with van der Waals surface area (Å²) in [6, 6.07) is 8.42. The Bertz CT molecular complexity index is 1180. The normalized spacial score (nSPS) is 10.8. The summed E-state index contributed by atoms with van der Waals surface area (Å²) in [6.45, 7) is 3.48. The lowest BCUT2D eigenvalue weighted by Crippen LogP contribution is -2.07. The minimum Gasteiger partial charge on any atom is -0.496 e. The number of carbonyl (C=O) groups is 1. The number of hydrogen-bond acceptors (Lipinski definition) is 8. The third-order valence-corrected chi connectivity index (χ3v) is 5.50. The number of carbonyl (C=O) groups excluding carboxylic acids is 1. The van der Waals surface area contributed by atoms with E-state index in [2.05, 4.69) is 20.4 Å². The van der Waals surface area contributed by atoms with Crippen molar-refractivity contribution in [2.24, 2.45) is 0 Å².